The fourth-order valence-electron chi connectivity index (χ4n) is 3.32. The maximum Gasteiger partial charge on any atom is 0.335 e. The number of nitrogens with zero attached hydrogens (tertiary/aromatic N) is 1. The van der Waals surface area contributed by atoms with Crippen LogP contribution >= 0.6 is 0 Å². The minimum Gasteiger partial charge on any atom is -0.463 e. The van der Waals surface area contributed by atoms with Crippen LogP contribution < -0.4 is 10.4 Å². The summed E-state index contributed by atoms with van der Waals surface area (Å²) in [5.74, 6) is -0.206. The van der Waals surface area contributed by atoms with E-state index in [9.17, 15) is 4.79 Å². The number of hydrogen-bond acceptors (Lipinski definition) is 3. The van der Waals surface area contributed by atoms with Gasteiger partial charge in [0.05, 0.1) is 6.61 Å². The topological polar surface area (TPSA) is 29.5 Å². The van der Waals surface area contributed by atoms with Crippen LogP contribution in [-0.2, 0) is 9.53 Å². The molecule has 1 aromatic rings. The van der Waals surface area contributed by atoms with Crippen LogP contribution in [-0.4, -0.2) is 33.3 Å². The molecule has 1 aromatic carbocycles. The molecule has 0 aliphatic carbocycles. The zero-order valence-electron chi connectivity index (χ0n) is 13.9. The van der Waals surface area contributed by atoms with E-state index in [-0.39, 0.29) is 5.97 Å². The second kappa shape index (κ2) is 5.46. The first-order chi connectivity index (χ1) is 9.72. The van der Waals surface area contributed by atoms with Crippen molar-refractivity contribution < 1.29 is 9.53 Å². The number of carbonyl (C=O) groups is 1. The van der Waals surface area contributed by atoms with Gasteiger partial charge in [-0.3, -0.25) is 0 Å². The van der Waals surface area contributed by atoms with Crippen molar-refractivity contribution in [3.05, 3.63) is 36.0 Å². The molecule has 21 heavy (non-hydrogen) atoms. The van der Waals surface area contributed by atoms with Crippen LogP contribution in [0.15, 0.2) is 36.0 Å². The fraction of sp³-hybridized carbons (Fsp3) is 0.438. The second-order valence-electron chi connectivity index (χ2n) is 6.57. The number of benzene rings is 1. The molecule has 2 rings (SSSR count). The molecule has 0 fully saturated rings. The SMILES string of the molecule is CCOC(=O)/C(C)=C\N1[Si](C)(C)c2ccccc2[Si]1(C)C. The molecule has 0 atom stereocenters. The van der Waals surface area contributed by atoms with Crippen molar-refractivity contribution in [1.29, 1.82) is 0 Å². The molecule has 0 aromatic heterocycles. The van der Waals surface area contributed by atoms with E-state index in [0.717, 1.165) is 0 Å². The van der Waals surface area contributed by atoms with E-state index in [1.807, 2.05) is 13.8 Å². The molecule has 0 N–H and O–H groups in total. The second-order valence-corrected chi connectivity index (χ2v) is 15.3. The van der Waals surface area contributed by atoms with Crippen molar-refractivity contribution in [3.8, 4) is 0 Å². The summed E-state index contributed by atoms with van der Waals surface area (Å²) in [4.78, 5) is 11.9. The number of esters is 1. The predicted octanol–water partition coefficient (Wildman–Crippen LogP) is 2.29. The lowest BCUT2D eigenvalue weighted by Gasteiger charge is -2.39. The van der Waals surface area contributed by atoms with Crippen molar-refractivity contribution in [2.75, 3.05) is 6.61 Å². The molecular weight excluding hydrogens is 294 g/mol. The molecule has 0 radical (unpaired) electrons. The average molecular weight is 320 g/mol. The summed E-state index contributed by atoms with van der Waals surface area (Å²) in [5, 5.41) is 3.02. The Kier molecular flexibility index (Phi) is 4.17. The van der Waals surface area contributed by atoms with Gasteiger partial charge >= 0.3 is 5.97 Å². The number of hydrogen-bond donors (Lipinski definition) is 0. The molecule has 1 aliphatic rings. The number of rotatable bonds is 3. The van der Waals surface area contributed by atoms with Crippen molar-refractivity contribution in [1.82, 2.24) is 4.23 Å². The zero-order chi connectivity index (χ0) is 15.8. The van der Waals surface area contributed by atoms with E-state index in [1.54, 1.807) is 0 Å². The number of fused-ring (bicyclic) bond motifs is 1. The van der Waals surface area contributed by atoms with E-state index in [1.165, 1.54) is 10.4 Å². The predicted molar refractivity (Wildman–Crippen MR) is 92.9 cm³/mol. The largest absolute Gasteiger partial charge is 0.463 e. The van der Waals surface area contributed by atoms with Gasteiger partial charge in [0.2, 0.25) is 0 Å². The number of carbonyl (C=O) groups excluding carboxylic acids is 1. The van der Waals surface area contributed by atoms with E-state index in [0.29, 0.717) is 12.2 Å². The van der Waals surface area contributed by atoms with Gasteiger partial charge in [-0.05, 0) is 56.6 Å². The molecule has 1 aliphatic heterocycles. The summed E-state index contributed by atoms with van der Waals surface area (Å²) < 4.78 is 7.66. The first-order valence-electron chi connectivity index (χ1n) is 7.48. The molecule has 0 unspecified atom stereocenters. The van der Waals surface area contributed by atoms with Crippen molar-refractivity contribution in [3.63, 3.8) is 0 Å². The van der Waals surface area contributed by atoms with Gasteiger partial charge in [-0.2, -0.15) is 0 Å². The average Bonchev–Trinajstić information content (AvgIpc) is 2.58. The minimum absolute atomic E-state index is 0.206. The maximum absolute atomic E-state index is 11.9. The Balaban J connectivity index is 2.46. The summed E-state index contributed by atoms with van der Waals surface area (Å²) in [7, 11) is -3.49. The minimum atomic E-state index is -1.75. The molecule has 0 saturated carbocycles. The van der Waals surface area contributed by atoms with Gasteiger partial charge < -0.3 is 8.97 Å². The molecule has 0 amide bonds. The van der Waals surface area contributed by atoms with Crippen molar-refractivity contribution in [2.24, 2.45) is 0 Å². The first-order valence-corrected chi connectivity index (χ1v) is 13.4. The third-order valence-corrected chi connectivity index (χ3v) is 14.1. The lowest BCUT2D eigenvalue weighted by molar-refractivity contribution is -0.138. The monoisotopic (exact) mass is 319 g/mol. The van der Waals surface area contributed by atoms with Gasteiger partial charge in [0.1, 0.15) is 0 Å². The van der Waals surface area contributed by atoms with E-state index in [2.05, 4.69) is 60.9 Å². The Hall–Kier alpha value is -1.34. The van der Waals surface area contributed by atoms with Crippen LogP contribution in [0.4, 0.5) is 0 Å². The highest BCUT2D eigenvalue weighted by Gasteiger charge is 2.50. The maximum atomic E-state index is 11.9. The normalized spacial score (nSPS) is 19.3. The van der Waals surface area contributed by atoms with Crippen LogP contribution in [0.1, 0.15) is 13.8 Å². The fourth-order valence-corrected chi connectivity index (χ4v) is 15.5. The Labute approximate surface area is 129 Å². The van der Waals surface area contributed by atoms with E-state index >= 15 is 0 Å². The molecular formula is C16H25NO2Si2. The first kappa shape index (κ1) is 16.0. The summed E-state index contributed by atoms with van der Waals surface area (Å²) >= 11 is 0. The van der Waals surface area contributed by atoms with Crippen LogP contribution in [0.5, 0.6) is 0 Å². The highest BCUT2D eigenvalue weighted by atomic mass is 28.4. The summed E-state index contributed by atoms with van der Waals surface area (Å²) in [5.41, 5.74) is 0.700. The van der Waals surface area contributed by atoms with E-state index in [4.69, 9.17) is 4.74 Å². The summed E-state index contributed by atoms with van der Waals surface area (Å²) in [6, 6.07) is 8.79. The van der Waals surface area contributed by atoms with Gasteiger partial charge in [0.25, 0.3) is 0 Å². The van der Waals surface area contributed by atoms with Gasteiger partial charge in [0.15, 0.2) is 16.5 Å². The zero-order valence-corrected chi connectivity index (χ0v) is 15.9. The lowest BCUT2D eigenvalue weighted by atomic mass is 10.3. The lowest BCUT2D eigenvalue weighted by Crippen LogP contribution is -2.57. The quantitative estimate of drug-likeness (QED) is 0.486. The molecule has 114 valence electrons. The Bertz CT molecular complexity index is 559. The van der Waals surface area contributed by atoms with Crippen molar-refractivity contribution >= 4 is 32.8 Å². The van der Waals surface area contributed by atoms with Gasteiger partial charge in [-0.25, -0.2) is 4.79 Å². The highest BCUT2D eigenvalue weighted by molar-refractivity contribution is 7.10. The van der Waals surface area contributed by atoms with Crippen LogP contribution in [0.3, 0.4) is 0 Å². The molecule has 0 bridgehead atoms. The van der Waals surface area contributed by atoms with Crippen LogP contribution in [0, 0.1) is 0 Å². The van der Waals surface area contributed by atoms with Gasteiger partial charge in [-0.1, -0.05) is 24.3 Å². The Morgan fingerprint density at radius 3 is 2.05 bits per heavy atom. The molecule has 5 heteroatoms. The van der Waals surface area contributed by atoms with Gasteiger partial charge in [0, 0.05) is 5.57 Å². The van der Waals surface area contributed by atoms with E-state index < -0.39 is 16.5 Å². The molecule has 1 heterocycles. The Morgan fingerprint density at radius 2 is 1.62 bits per heavy atom. The molecule has 3 nitrogen and oxygen atoms in total. The highest BCUT2D eigenvalue weighted by Crippen LogP contribution is 2.27. The Morgan fingerprint density at radius 1 is 1.14 bits per heavy atom. The standard InChI is InChI=1S/C16H25NO2Si2/c1-7-19-16(18)13(2)12-17-20(3,4)14-10-8-9-11-15(14)21(17,5)6/h8-12H,7H2,1-6H3/b13-12-. The van der Waals surface area contributed by atoms with Gasteiger partial charge in [-0.15, -0.1) is 0 Å². The van der Waals surface area contributed by atoms with Crippen molar-refractivity contribution in [2.45, 2.75) is 40.0 Å². The smallest absolute Gasteiger partial charge is 0.335 e. The third-order valence-electron chi connectivity index (χ3n) is 4.37. The summed E-state index contributed by atoms with van der Waals surface area (Å²) in [6.45, 7) is 13.6. The summed E-state index contributed by atoms with van der Waals surface area (Å²) in [6.07, 6.45) is 2.07. The number of ether oxygens (including phenoxy) is 1. The van der Waals surface area contributed by atoms with Crippen LogP contribution in [0.2, 0.25) is 26.2 Å². The third kappa shape index (κ3) is 2.60. The molecule has 0 saturated heterocycles. The van der Waals surface area contributed by atoms with Crippen LogP contribution in [0.25, 0.3) is 0 Å². The molecule has 0 spiro atoms.